The lowest BCUT2D eigenvalue weighted by Gasteiger charge is -2.34. The molecule has 4 aromatic rings. The van der Waals surface area contributed by atoms with E-state index >= 15 is 0 Å². The summed E-state index contributed by atoms with van der Waals surface area (Å²) >= 11 is 5.86. The maximum atomic E-state index is 14.5. The SMILES string of the molecule is Cc1cccc(CN(C(=O)CN(c2ccc(Cl)c(C(F)(F)F)c2)S(=O)(=O)c2ccccc2)C(Cc2ccccc2)C(=O)NC(C)C)c1. The minimum atomic E-state index is -4.90. The molecule has 0 saturated heterocycles. The highest BCUT2D eigenvalue weighted by Gasteiger charge is 2.37. The predicted octanol–water partition coefficient (Wildman–Crippen LogP) is 7.03. The van der Waals surface area contributed by atoms with Gasteiger partial charge in [0.2, 0.25) is 11.8 Å². The lowest BCUT2D eigenvalue weighted by Crippen LogP contribution is -2.54. The molecular formula is C35H35ClF3N3O4S. The molecule has 0 saturated carbocycles. The van der Waals surface area contributed by atoms with Crippen LogP contribution in [0.5, 0.6) is 0 Å². The summed E-state index contributed by atoms with van der Waals surface area (Å²) in [5, 5.41) is 2.24. The van der Waals surface area contributed by atoms with Crippen LogP contribution in [0, 0.1) is 6.92 Å². The van der Waals surface area contributed by atoms with E-state index in [0.717, 1.165) is 23.3 Å². The van der Waals surface area contributed by atoms with E-state index in [1.54, 1.807) is 44.2 Å². The minimum Gasteiger partial charge on any atom is -0.352 e. The van der Waals surface area contributed by atoms with Gasteiger partial charge in [-0.1, -0.05) is 90.0 Å². The van der Waals surface area contributed by atoms with Crippen molar-refractivity contribution in [3.8, 4) is 0 Å². The largest absolute Gasteiger partial charge is 0.417 e. The predicted molar refractivity (Wildman–Crippen MR) is 176 cm³/mol. The molecule has 0 heterocycles. The van der Waals surface area contributed by atoms with E-state index in [0.29, 0.717) is 15.9 Å². The van der Waals surface area contributed by atoms with Crippen LogP contribution in [0.4, 0.5) is 18.9 Å². The minimum absolute atomic E-state index is 0.0722. The zero-order chi connectivity index (χ0) is 34.4. The summed E-state index contributed by atoms with van der Waals surface area (Å²) < 4.78 is 70.4. The quantitative estimate of drug-likeness (QED) is 0.174. The highest BCUT2D eigenvalue weighted by atomic mass is 35.5. The molecule has 1 unspecified atom stereocenters. The summed E-state index contributed by atoms with van der Waals surface area (Å²) in [7, 11) is -4.59. The first kappa shape index (κ1) is 35.5. The normalized spacial score (nSPS) is 12.4. The van der Waals surface area contributed by atoms with Gasteiger partial charge in [-0.05, 0) is 62.2 Å². The molecule has 4 rings (SSSR count). The van der Waals surface area contributed by atoms with Gasteiger partial charge in [-0.3, -0.25) is 13.9 Å². The van der Waals surface area contributed by atoms with Gasteiger partial charge in [-0.2, -0.15) is 13.2 Å². The van der Waals surface area contributed by atoms with Crippen LogP contribution in [0.25, 0.3) is 0 Å². The second-order valence-electron chi connectivity index (χ2n) is 11.4. The van der Waals surface area contributed by atoms with Gasteiger partial charge in [-0.25, -0.2) is 8.42 Å². The Kier molecular flexibility index (Phi) is 11.4. The van der Waals surface area contributed by atoms with Gasteiger partial charge in [0.15, 0.2) is 0 Å². The number of hydrogen-bond donors (Lipinski definition) is 1. The monoisotopic (exact) mass is 685 g/mol. The van der Waals surface area contributed by atoms with Gasteiger partial charge in [0.25, 0.3) is 10.0 Å². The lowest BCUT2D eigenvalue weighted by atomic mass is 10.0. The van der Waals surface area contributed by atoms with E-state index in [-0.39, 0.29) is 23.9 Å². The molecule has 1 atom stereocenters. The average molecular weight is 686 g/mol. The summed E-state index contributed by atoms with van der Waals surface area (Å²) in [5.74, 6) is -1.26. The van der Waals surface area contributed by atoms with Crippen molar-refractivity contribution in [1.82, 2.24) is 10.2 Å². The zero-order valence-electron chi connectivity index (χ0n) is 26.0. The average Bonchev–Trinajstić information content (AvgIpc) is 3.02. The van der Waals surface area contributed by atoms with Crippen LogP contribution in [-0.2, 0) is 38.8 Å². The molecule has 0 aliphatic rings. The Labute approximate surface area is 278 Å². The third kappa shape index (κ3) is 9.14. The number of amides is 2. The van der Waals surface area contributed by atoms with Crippen molar-refractivity contribution in [2.45, 2.75) is 56.9 Å². The summed E-state index contributed by atoms with van der Waals surface area (Å²) in [5.41, 5.74) is 0.653. The molecule has 12 heteroatoms. The van der Waals surface area contributed by atoms with E-state index in [4.69, 9.17) is 11.6 Å². The number of carbonyl (C=O) groups is 2. The fourth-order valence-corrected chi connectivity index (χ4v) is 6.73. The van der Waals surface area contributed by atoms with Gasteiger partial charge in [0, 0.05) is 19.0 Å². The Bertz CT molecular complexity index is 1800. The fourth-order valence-electron chi connectivity index (χ4n) is 5.08. The molecule has 2 amide bonds. The standard InChI is InChI=1S/C35H35ClF3N3O4S/c1-24(2)40-34(44)32(20-26-12-6-4-7-13-26)41(22-27-14-10-11-25(3)19-27)33(43)23-42(47(45,46)29-15-8-5-9-16-29)28-17-18-31(36)30(21-28)35(37,38)39/h4-19,21,24,32H,20,22-23H2,1-3H3,(H,40,44). The summed E-state index contributed by atoms with van der Waals surface area (Å²) in [6.45, 7) is 4.45. The fraction of sp³-hybridized carbons (Fsp3) is 0.257. The van der Waals surface area contributed by atoms with Crippen molar-refractivity contribution in [2.24, 2.45) is 0 Å². The van der Waals surface area contributed by atoms with E-state index in [2.05, 4.69) is 5.32 Å². The highest BCUT2D eigenvalue weighted by Crippen LogP contribution is 2.38. The molecule has 0 aliphatic heterocycles. The number of hydrogen-bond acceptors (Lipinski definition) is 4. The van der Waals surface area contributed by atoms with E-state index < -0.39 is 56.9 Å². The molecule has 0 radical (unpaired) electrons. The van der Waals surface area contributed by atoms with Crippen molar-refractivity contribution in [2.75, 3.05) is 10.8 Å². The maximum absolute atomic E-state index is 14.5. The van der Waals surface area contributed by atoms with E-state index in [1.807, 2.05) is 37.3 Å². The van der Waals surface area contributed by atoms with Crippen LogP contribution < -0.4 is 9.62 Å². The van der Waals surface area contributed by atoms with Crippen molar-refractivity contribution < 1.29 is 31.2 Å². The van der Waals surface area contributed by atoms with Crippen LogP contribution in [0.3, 0.4) is 0 Å². The number of alkyl halides is 3. The number of carbonyl (C=O) groups excluding carboxylic acids is 2. The van der Waals surface area contributed by atoms with Gasteiger partial charge in [0.05, 0.1) is 21.2 Å². The third-order valence-electron chi connectivity index (χ3n) is 7.29. The molecular weight excluding hydrogens is 651 g/mol. The van der Waals surface area contributed by atoms with E-state index in [9.17, 15) is 31.2 Å². The van der Waals surface area contributed by atoms with Crippen LogP contribution >= 0.6 is 11.6 Å². The Morgan fingerprint density at radius 3 is 2.06 bits per heavy atom. The molecule has 0 bridgehead atoms. The third-order valence-corrected chi connectivity index (χ3v) is 9.41. The molecule has 0 fully saturated rings. The van der Waals surface area contributed by atoms with Crippen LogP contribution in [0.15, 0.2) is 108 Å². The molecule has 0 spiro atoms. The van der Waals surface area contributed by atoms with Gasteiger partial charge >= 0.3 is 6.18 Å². The van der Waals surface area contributed by atoms with Crippen LogP contribution in [0.1, 0.15) is 36.1 Å². The summed E-state index contributed by atoms with van der Waals surface area (Å²) in [6, 6.07) is 24.7. The molecule has 4 aromatic carbocycles. The number of aryl methyl sites for hydroxylation is 1. The van der Waals surface area contributed by atoms with Gasteiger partial charge in [-0.15, -0.1) is 0 Å². The number of nitrogens with zero attached hydrogens (tertiary/aromatic N) is 2. The van der Waals surface area contributed by atoms with Gasteiger partial charge in [0.1, 0.15) is 12.6 Å². The molecule has 47 heavy (non-hydrogen) atoms. The number of nitrogens with one attached hydrogen (secondary N) is 1. The topological polar surface area (TPSA) is 86.8 Å². The molecule has 0 aromatic heterocycles. The van der Waals surface area contributed by atoms with Gasteiger partial charge < -0.3 is 10.2 Å². The first-order chi connectivity index (χ1) is 22.2. The lowest BCUT2D eigenvalue weighted by molar-refractivity contribution is -0.140. The summed E-state index contributed by atoms with van der Waals surface area (Å²) in [4.78, 5) is 29.3. The first-order valence-corrected chi connectivity index (χ1v) is 16.6. The van der Waals surface area contributed by atoms with Crippen molar-refractivity contribution >= 4 is 39.1 Å². The Balaban J connectivity index is 1.86. The Morgan fingerprint density at radius 1 is 0.851 bits per heavy atom. The maximum Gasteiger partial charge on any atom is 0.417 e. The second kappa shape index (κ2) is 15.0. The molecule has 7 nitrogen and oxygen atoms in total. The first-order valence-electron chi connectivity index (χ1n) is 14.8. The second-order valence-corrected chi connectivity index (χ2v) is 13.6. The van der Waals surface area contributed by atoms with Crippen molar-refractivity contribution in [3.63, 3.8) is 0 Å². The van der Waals surface area contributed by atoms with Crippen molar-refractivity contribution in [3.05, 3.63) is 130 Å². The Hall–Kier alpha value is -4.35. The number of rotatable bonds is 12. The highest BCUT2D eigenvalue weighted by molar-refractivity contribution is 7.92. The van der Waals surface area contributed by atoms with E-state index in [1.165, 1.54) is 29.2 Å². The number of anilines is 1. The smallest absolute Gasteiger partial charge is 0.352 e. The number of benzene rings is 4. The van der Waals surface area contributed by atoms with Crippen LogP contribution in [0.2, 0.25) is 5.02 Å². The Morgan fingerprint density at radius 2 is 1.47 bits per heavy atom. The van der Waals surface area contributed by atoms with Crippen molar-refractivity contribution in [1.29, 1.82) is 0 Å². The summed E-state index contributed by atoms with van der Waals surface area (Å²) in [6.07, 6.45) is -4.80. The molecule has 0 aliphatic carbocycles. The zero-order valence-corrected chi connectivity index (χ0v) is 27.6. The van der Waals surface area contributed by atoms with Crippen LogP contribution in [-0.4, -0.2) is 43.8 Å². The number of halogens is 4. The molecule has 248 valence electrons. The molecule has 1 N–H and O–H groups in total. The number of sulfonamides is 1.